The Labute approximate surface area is 256 Å². The zero-order valence-electron chi connectivity index (χ0n) is 28.2. The summed E-state index contributed by atoms with van der Waals surface area (Å²) in [4.78, 5) is 0. The van der Waals surface area contributed by atoms with E-state index in [1.807, 2.05) is 31.4 Å². The fraction of sp³-hybridized carbons (Fsp3) is 0.657. The average Bonchev–Trinajstić information content (AvgIpc) is 3.31. The maximum Gasteiger partial charge on any atom is 0.210 e. The highest BCUT2D eigenvalue weighted by atomic mass is 35.6. The maximum atomic E-state index is 9.36. The van der Waals surface area contributed by atoms with Crippen molar-refractivity contribution in [2.75, 3.05) is 0 Å². The van der Waals surface area contributed by atoms with Gasteiger partial charge in [0.1, 0.15) is 0 Å². The first-order chi connectivity index (χ1) is 18.1. The zero-order valence-corrected chi connectivity index (χ0v) is 31.0. The summed E-state index contributed by atoms with van der Waals surface area (Å²) < 4.78 is 6.19. The van der Waals surface area contributed by atoms with Crippen molar-refractivity contribution in [1.29, 1.82) is 0 Å². The lowest BCUT2D eigenvalue weighted by molar-refractivity contribution is 0.156. The van der Waals surface area contributed by atoms with Crippen molar-refractivity contribution in [3.05, 3.63) is 72.7 Å². The fourth-order valence-electron chi connectivity index (χ4n) is 4.32. The van der Waals surface area contributed by atoms with Gasteiger partial charge in [0.2, 0.25) is 8.32 Å². The van der Waals surface area contributed by atoms with Crippen molar-refractivity contribution in [3.63, 3.8) is 0 Å². The molecule has 6 atom stereocenters. The maximum absolute atomic E-state index is 9.36. The van der Waals surface area contributed by atoms with Crippen LogP contribution in [0.15, 0.2) is 72.7 Å². The van der Waals surface area contributed by atoms with Gasteiger partial charge < -0.3 is 9.53 Å². The van der Waals surface area contributed by atoms with E-state index in [1.54, 1.807) is 0 Å². The number of aliphatic hydroxyl groups is 1. The molecule has 2 aliphatic carbocycles. The summed E-state index contributed by atoms with van der Waals surface area (Å²) in [5.74, 6) is 1.93. The lowest BCUT2D eigenvalue weighted by Gasteiger charge is -2.29. The molecule has 0 spiro atoms. The SMILES string of the molecule is C=C[Si](C)(C)Cl.C=C[Si](C)(C)OC(C)C(C)/C=C/C1CC=C(C)C1(C)C.CC(O)C(C)/C=C/C1CC=CC1(C)C. The molecule has 5 heteroatoms. The predicted molar refractivity (Wildman–Crippen MR) is 187 cm³/mol. The summed E-state index contributed by atoms with van der Waals surface area (Å²) in [7, 11) is -3.08. The summed E-state index contributed by atoms with van der Waals surface area (Å²) >= 11 is 5.74. The molecular weight excluding hydrogens is 544 g/mol. The van der Waals surface area contributed by atoms with E-state index in [0.717, 1.165) is 6.42 Å². The molecule has 0 radical (unpaired) electrons. The van der Waals surface area contributed by atoms with Gasteiger partial charge in [-0.05, 0) is 81.2 Å². The Morgan fingerprint density at radius 3 is 1.80 bits per heavy atom. The summed E-state index contributed by atoms with van der Waals surface area (Å²) in [6, 6.07) is 0. The van der Waals surface area contributed by atoms with Crippen LogP contribution in [-0.2, 0) is 4.43 Å². The van der Waals surface area contributed by atoms with E-state index in [0.29, 0.717) is 23.2 Å². The Morgan fingerprint density at radius 1 is 0.925 bits per heavy atom. The minimum atomic E-state index is -1.68. The van der Waals surface area contributed by atoms with E-state index in [2.05, 4.69) is 124 Å². The lowest BCUT2D eigenvalue weighted by atomic mass is 9.77. The number of rotatable bonds is 10. The minimum absolute atomic E-state index is 0.247. The van der Waals surface area contributed by atoms with Crippen molar-refractivity contribution >= 4 is 26.8 Å². The van der Waals surface area contributed by atoms with Gasteiger partial charge in [-0.2, -0.15) is 11.1 Å². The van der Waals surface area contributed by atoms with E-state index in [1.165, 1.54) is 12.0 Å². The molecule has 0 aliphatic heterocycles. The molecular formula is C35H63ClO2Si2. The normalized spacial score (nSPS) is 24.8. The topological polar surface area (TPSA) is 29.5 Å². The Kier molecular flexibility index (Phi) is 16.3. The molecule has 230 valence electrons. The van der Waals surface area contributed by atoms with Gasteiger partial charge in [0.05, 0.1) is 6.10 Å². The van der Waals surface area contributed by atoms with E-state index < -0.39 is 15.7 Å². The molecule has 1 N–H and O–H groups in total. The van der Waals surface area contributed by atoms with Crippen LogP contribution < -0.4 is 0 Å². The van der Waals surface area contributed by atoms with Crippen molar-refractivity contribution in [1.82, 2.24) is 0 Å². The summed E-state index contributed by atoms with van der Waals surface area (Å²) in [5.41, 5.74) is 5.95. The Morgan fingerprint density at radius 2 is 1.43 bits per heavy atom. The third kappa shape index (κ3) is 14.3. The first kappa shape index (κ1) is 39.1. The van der Waals surface area contributed by atoms with E-state index >= 15 is 0 Å². The monoisotopic (exact) mass is 606 g/mol. The van der Waals surface area contributed by atoms with Crippen molar-refractivity contribution in [3.8, 4) is 0 Å². The molecule has 0 aromatic heterocycles. The molecule has 0 saturated carbocycles. The van der Waals surface area contributed by atoms with Crippen LogP contribution in [0.25, 0.3) is 0 Å². The van der Waals surface area contributed by atoms with Crippen LogP contribution in [0, 0.1) is 34.5 Å². The average molecular weight is 608 g/mol. The summed E-state index contributed by atoms with van der Waals surface area (Å²) in [6.07, 6.45) is 18.4. The fourth-order valence-corrected chi connectivity index (χ4v) is 5.58. The lowest BCUT2D eigenvalue weighted by Crippen LogP contribution is -2.34. The Hall–Kier alpha value is -0.916. The number of aliphatic hydroxyl groups excluding tert-OH is 1. The molecule has 6 unspecified atom stereocenters. The van der Waals surface area contributed by atoms with Gasteiger partial charge in [-0.1, -0.05) is 114 Å². The van der Waals surface area contributed by atoms with Crippen LogP contribution in [0.2, 0.25) is 26.2 Å². The van der Waals surface area contributed by atoms with Crippen molar-refractivity contribution in [2.24, 2.45) is 34.5 Å². The standard InChI is InChI=1S/C18H32OSi.C13H22O.C4H9ClSi/c1-9-20(7,8)19-16(4)14(2)10-12-17-13-11-15(3)18(17,5)6;1-10(11(2)14)7-8-12-6-5-9-13(12,3)4;1-4-6(2,3)5/h9-12,14,16-17H,1,13H2,2-8H3;5,7-12,14H,6H2,1-4H3;4H,1H2,2-3H3/b12-10+;8-7+;. The number of hydrogen-bond donors (Lipinski definition) is 1. The van der Waals surface area contributed by atoms with E-state index in [-0.39, 0.29) is 23.5 Å². The molecule has 40 heavy (non-hydrogen) atoms. The van der Waals surface area contributed by atoms with Crippen LogP contribution in [0.3, 0.4) is 0 Å². The Bertz CT molecular complexity index is 903. The van der Waals surface area contributed by atoms with E-state index in [9.17, 15) is 5.11 Å². The highest BCUT2D eigenvalue weighted by Gasteiger charge is 2.33. The smallest absolute Gasteiger partial charge is 0.210 e. The molecule has 0 aromatic carbocycles. The van der Waals surface area contributed by atoms with Gasteiger partial charge in [-0.15, -0.1) is 13.2 Å². The number of halogens is 1. The number of allylic oxidation sites excluding steroid dienone is 6. The molecule has 2 nitrogen and oxygen atoms in total. The van der Waals surface area contributed by atoms with Crippen LogP contribution >= 0.6 is 11.1 Å². The van der Waals surface area contributed by atoms with Crippen molar-refractivity contribution in [2.45, 2.75) is 114 Å². The predicted octanol–water partition coefficient (Wildman–Crippen LogP) is 10.8. The molecule has 0 amide bonds. The molecule has 2 aliphatic rings. The third-order valence-corrected chi connectivity index (χ3v) is 12.2. The van der Waals surface area contributed by atoms with Crippen LogP contribution in [0.4, 0.5) is 0 Å². The molecule has 0 bridgehead atoms. The van der Waals surface area contributed by atoms with Crippen LogP contribution in [0.1, 0.15) is 75.2 Å². The number of hydrogen-bond acceptors (Lipinski definition) is 2. The zero-order chi connectivity index (χ0) is 31.5. The second kappa shape index (κ2) is 16.7. The molecule has 0 heterocycles. The van der Waals surface area contributed by atoms with Gasteiger partial charge in [0, 0.05) is 6.10 Å². The van der Waals surface area contributed by atoms with Gasteiger partial charge in [0.15, 0.2) is 7.38 Å². The first-order valence-corrected chi connectivity index (χ1v) is 22.2. The van der Waals surface area contributed by atoms with E-state index in [4.69, 9.17) is 15.5 Å². The van der Waals surface area contributed by atoms with Gasteiger partial charge >= 0.3 is 0 Å². The minimum Gasteiger partial charge on any atom is -0.410 e. The van der Waals surface area contributed by atoms with Crippen molar-refractivity contribution < 1.29 is 9.53 Å². The highest BCUT2D eigenvalue weighted by molar-refractivity contribution is 7.21. The summed E-state index contributed by atoms with van der Waals surface area (Å²) in [5, 5.41) is 9.36. The van der Waals surface area contributed by atoms with Crippen LogP contribution in [-0.4, -0.2) is 33.0 Å². The summed E-state index contributed by atoms with van der Waals surface area (Å²) in [6.45, 7) is 35.7. The van der Waals surface area contributed by atoms with Gasteiger partial charge in [0.25, 0.3) is 0 Å². The highest BCUT2D eigenvalue weighted by Crippen LogP contribution is 2.43. The van der Waals surface area contributed by atoms with Gasteiger partial charge in [-0.3, -0.25) is 0 Å². The molecule has 0 saturated heterocycles. The second-order valence-electron chi connectivity index (χ2n) is 14.1. The third-order valence-electron chi connectivity index (χ3n) is 8.78. The van der Waals surface area contributed by atoms with Gasteiger partial charge in [-0.25, -0.2) is 0 Å². The second-order valence-corrected chi connectivity index (χ2v) is 24.5. The largest absolute Gasteiger partial charge is 0.410 e. The quantitative estimate of drug-likeness (QED) is 0.152. The molecule has 0 fully saturated rings. The molecule has 2 rings (SSSR count). The molecule has 0 aromatic rings. The Balaban J connectivity index is 0.000000657. The van der Waals surface area contributed by atoms with Crippen LogP contribution in [0.5, 0.6) is 0 Å². The first-order valence-electron chi connectivity index (χ1n) is 15.1.